The molecule has 0 aliphatic carbocycles. The van der Waals surface area contributed by atoms with Crippen LogP contribution in [0.5, 0.6) is 0 Å². The van der Waals surface area contributed by atoms with Gasteiger partial charge in [0.1, 0.15) is 5.69 Å². The Balaban J connectivity index is 2.07. The van der Waals surface area contributed by atoms with Crippen molar-refractivity contribution < 1.29 is 14.1 Å². The van der Waals surface area contributed by atoms with Gasteiger partial charge >= 0.3 is 6.09 Å². The van der Waals surface area contributed by atoms with Crippen LogP contribution in [0.3, 0.4) is 0 Å². The van der Waals surface area contributed by atoms with E-state index in [2.05, 4.69) is 10.5 Å². The molecule has 3 rings (SSSR count). The Kier molecular flexibility index (Phi) is 4.38. The number of carbonyl (C=O) groups is 1. The van der Waals surface area contributed by atoms with Crippen molar-refractivity contribution in [3.63, 3.8) is 0 Å². The number of benzene rings is 2. The van der Waals surface area contributed by atoms with Gasteiger partial charge in [-0.15, -0.1) is 0 Å². The molecule has 5 nitrogen and oxygen atoms in total. The van der Waals surface area contributed by atoms with Gasteiger partial charge in [-0.3, -0.25) is 5.32 Å². The lowest BCUT2D eigenvalue weighted by atomic mass is 10.0. The lowest BCUT2D eigenvalue weighted by Gasteiger charge is -2.06. The molecule has 0 radical (unpaired) electrons. The van der Waals surface area contributed by atoms with Gasteiger partial charge in [-0.25, -0.2) is 4.79 Å². The van der Waals surface area contributed by atoms with E-state index in [0.717, 1.165) is 16.7 Å². The van der Waals surface area contributed by atoms with Crippen LogP contribution in [-0.2, 0) is 4.74 Å². The minimum Gasteiger partial charge on any atom is -0.450 e. The van der Waals surface area contributed by atoms with Gasteiger partial charge in [0.2, 0.25) is 5.88 Å². The third-order valence-electron chi connectivity index (χ3n) is 3.29. The van der Waals surface area contributed by atoms with E-state index in [0.29, 0.717) is 5.69 Å². The van der Waals surface area contributed by atoms with E-state index in [1.54, 1.807) is 6.92 Å². The average molecular weight is 308 g/mol. The van der Waals surface area contributed by atoms with Crippen molar-refractivity contribution >= 4 is 12.0 Å². The molecule has 1 N–H and O–H groups in total. The number of hydrogen-bond donors (Lipinski definition) is 1. The number of nitrogens with zero attached hydrogens (tertiary/aromatic N) is 1. The zero-order valence-corrected chi connectivity index (χ0v) is 12.7. The van der Waals surface area contributed by atoms with Crippen LogP contribution in [0, 0.1) is 0 Å². The van der Waals surface area contributed by atoms with E-state index in [1.807, 2.05) is 60.7 Å². The molecular weight excluding hydrogens is 292 g/mol. The summed E-state index contributed by atoms with van der Waals surface area (Å²) in [6, 6.07) is 19.3. The number of rotatable bonds is 4. The standard InChI is InChI=1S/C18H16N2O3/c1-2-22-18(21)19-17-15(13-9-5-3-6-10-13)16(20-23-17)14-11-7-4-8-12-14/h3-12H,2H2,1H3,(H,19,21). The number of nitrogens with one attached hydrogen (secondary N) is 1. The van der Waals surface area contributed by atoms with E-state index >= 15 is 0 Å². The van der Waals surface area contributed by atoms with Gasteiger partial charge in [0, 0.05) is 5.56 Å². The Morgan fingerprint density at radius 2 is 1.65 bits per heavy atom. The molecule has 23 heavy (non-hydrogen) atoms. The second kappa shape index (κ2) is 6.79. The predicted molar refractivity (Wildman–Crippen MR) is 88.0 cm³/mol. The van der Waals surface area contributed by atoms with E-state index in [1.165, 1.54) is 0 Å². The molecule has 1 heterocycles. The molecule has 0 aliphatic heterocycles. The monoisotopic (exact) mass is 308 g/mol. The molecule has 0 saturated heterocycles. The molecule has 0 spiro atoms. The van der Waals surface area contributed by atoms with Crippen LogP contribution in [0.25, 0.3) is 22.4 Å². The molecule has 0 aliphatic rings. The number of anilines is 1. The van der Waals surface area contributed by atoms with Crippen LogP contribution in [0.1, 0.15) is 6.92 Å². The largest absolute Gasteiger partial charge is 0.450 e. The molecule has 0 fully saturated rings. The zero-order valence-electron chi connectivity index (χ0n) is 12.7. The zero-order chi connectivity index (χ0) is 16.1. The van der Waals surface area contributed by atoms with Gasteiger partial charge in [0.05, 0.1) is 12.2 Å². The van der Waals surface area contributed by atoms with Crippen molar-refractivity contribution in [1.29, 1.82) is 0 Å². The minimum atomic E-state index is -0.569. The summed E-state index contributed by atoms with van der Waals surface area (Å²) in [5, 5.41) is 6.74. The first-order valence-corrected chi connectivity index (χ1v) is 7.34. The normalized spacial score (nSPS) is 10.3. The highest BCUT2D eigenvalue weighted by molar-refractivity contribution is 5.94. The Bertz CT molecular complexity index is 783. The molecule has 2 aromatic carbocycles. The van der Waals surface area contributed by atoms with E-state index in [9.17, 15) is 4.79 Å². The predicted octanol–water partition coefficient (Wildman–Crippen LogP) is 4.58. The van der Waals surface area contributed by atoms with Crippen molar-refractivity contribution in [2.75, 3.05) is 11.9 Å². The van der Waals surface area contributed by atoms with Gasteiger partial charge in [0.25, 0.3) is 0 Å². The summed E-state index contributed by atoms with van der Waals surface area (Å²) in [6.45, 7) is 2.03. The van der Waals surface area contributed by atoms with Crippen molar-refractivity contribution in [3.05, 3.63) is 60.7 Å². The quantitative estimate of drug-likeness (QED) is 0.766. The highest BCUT2D eigenvalue weighted by Crippen LogP contribution is 2.37. The number of amides is 1. The van der Waals surface area contributed by atoms with Crippen molar-refractivity contribution in [3.8, 4) is 22.4 Å². The molecule has 0 bridgehead atoms. The summed E-state index contributed by atoms with van der Waals surface area (Å²) in [4.78, 5) is 11.7. The maximum atomic E-state index is 11.7. The summed E-state index contributed by atoms with van der Waals surface area (Å²) >= 11 is 0. The van der Waals surface area contributed by atoms with Crippen molar-refractivity contribution in [1.82, 2.24) is 5.16 Å². The summed E-state index contributed by atoms with van der Waals surface area (Å²) < 4.78 is 10.3. The number of hydrogen-bond acceptors (Lipinski definition) is 4. The molecule has 116 valence electrons. The van der Waals surface area contributed by atoms with Crippen LogP contribution < -0.4 is 5.32 Å². The number of carbonyl (C=O) groups excluding carboxylic acids is 1. The van der Waals surface area contributed by atoms with E-state index in [4.69, 9.17) is 9.26 Å². The van der Waals surface area contributed by atoms with Gasteiger partial charge in [-0.1, -0.05) is 65.8 Å². The van der Waals surface area contributed by atoms with Crippen molar-refractivity contribution in [2.45, 2.75) is 6.92 Å². The van der Waals surface area contributed by atoms with Crippen LogP contribution in [0.2, 0.25) is 0 Å². The first kappa shape index (κ1) is 14.8. The molecule has 0 unspecified atom stereocenters. The lowest BCUT2D eigenvalue weighted by molar-refractivity contribution is 0.167. The average Bonchev–Trinajstić information content (AvgIpc) is 3.00. The Hall–Kier alpha value is -3.08. The second-order valence-corrected chi connectivity index (χ2v) is 4.81. The topological polar surface area (TPSA) is 64.4 Å². The fourth-order valence-corrected chi connectivity index (χ4v) is 2.30. The lowest BCUT2D eigenvalue weighted by Crippen LogP contribution is -2.13. The van der Waals surface area contributed by atoms with Crippen LogP contribution in [0.15, 0.2) is 65.2 Å². The highest BCUT2D eigenvalue weighted by Gasteiger charge is 2.21. The SMILES string of the molecule is CCOC(=O)Nc1onc(-c2ccccc2)c1-c1ccccc1. The van der Waals surface area contributed by atoms with Crippen LogP contribution in [-0.4, -0.2) is 17.9 Å². The molecule has 1 amide bonds. The fraction of sp³-hybridized carbons (Fsp3) is 0.111. The first-order valence-electron chi connectivity index (χ1n) is 7.34. The fourth-order valence-electron chi connectivity index (χ4n) is 2.30. The number of aromatic nitrogens is 1. The highest BCUT2D eigenvalue weighted by atomic mass is 16.6. The van der Waals surface area contributed by atoms with Crippen LogP contribution >= 0.6 is 0 Å². The maximum absolute atomic E-state index is 11.7. The maximum Gasteiger partial charge on any atom is 0.414 e. The molecule has 1 aromatic heterocycles. The molecule has 0 saturated carbocycles. The van der Waals surface area contributed by atoms with Crippen molar-refractivity contribution in [2.24, 2.45) is 0 Å². The minimum absolute atomic E-state index is 0.272. The smallest absolute Gasteiger partial charge is 0.414 e. The summed E-state index contributed by atoms with van der Waals surface area (Å²) in [5.74, 6) is 0.272. The van der Waals surface area contributed by atoms with Gasteiger partial charge in [-0.05, 0) is 12.5 Å². The second-order valence-electron chi connectivity index (χ2n) is 4.81. The third-order valence-corrected chi connectivity index (χ3v) is 3.29. The Morgan fingerprint density at radius 3 is 2.26 bits per heavy atom. The summed E-state index contributed by atoms with van der Waals surface area (Å²) in [7, 11) is 0. The molecule has 3 aromatic rings. The van der Waals surface area contributed by atoms with Gasteiger partial charge < -0.3 is 9.26 Å². The molecule has 0 atom stereocenters. The summed E-state index contributed by atoms with van der Waals surface area (Å²) in [6.07, 6.45) is -0.569. The first-order chi connectivity index (χ1) is 11.3. The van der Waals surface area contributed by atoms with Gasteiger partial charge in [0.15, 0.2) is 0 Å². The Labute approximate surface area is 133 Å². The molecular formula is C18H16N2O3. The van der Waals surface area contributed by atoms with Crippen LogP contribution in [0.4, 0.5) is 10.7 Å². The summed E-state index contributed by atoms with van der Waals surface area (Å²) in [5.41, 5.74) is 3.21. The number of ether oxygens (including phenoxy) is 1. The van der Waals surface area contributed by atoms with E-state index in [-0.39, 0.29) is 12.5 Å². The third kappa shape index (κ3) is 3.23. The van der Waals surface area contributed by atoms with E-state index < -0.39 is 6.09 Å². The Morgan fingerprint density at radius 1 is 1.04 bits per heavy atom. The van der Waals surface area contributed by atoms with Gasteiger partial charge in [-0.2, -0.15) is 0 Å². The molecule has 5 heteroatoms.